The Morgan fingerprint density at radius 2 is 1.68 bits per heavy atom. The number of benzene rings is 1. The second-order valence-corrected chi connectivity index (χ2v) is 4.53. The van der Waals surface area contributed by atoms with E-state index in [1.54, 1.807) is 0 Å². The summed E-state index contributed by atoms with van der Waals surface area (Å²) in [5, 5.41) is 17.5. The minimum absolute atomic E-state index is 0.237. The lowest BCUT2D eigenvalue weighted by atomic mass is 10.2. The summed E-state index contributed by atoms with van der Waals surface area (Å²) in [7, 11) is 0. The van der Waals surface area contributed by atoms with E-state index < -0.39 is 30.9 Å². The van der Waals surface area contributed by atoms with Gasteiger partial charge in [-0.3, -0.25) is 14.4 Å². The minimum atomic E-state index is -1.16. The molecule has 0 aliphatic rings. The summed E-state index contributed by atoms with van der Waals surface area (Å²) in [6.07, 6.45) is 0. The number of hydrogen-bond donors (Lipinski definition) is 3. The highest BCUT2D eigenvalue weighted by Crippen LogP contribution is 2.27. The van der Waals surface area contributed by atoms with Crippen LogP contribution in [0, 0.1) is 0 Å². The molecule has 0 saturated heterocycles. The van der Waals surface area contributed by atoms with E-state index in [0.29, 0.717) is 10.2 Å². The summed E-state index contributed by atoms with van der Waals surface area (Å²) in [5.74, 6) is -2.95. The van der Waals surface area contributed by atoms with Gasteiger partial charge in [0.15, 0.2) is 0 Å². The van der Waals surface area contributed by atoms with Crippen molar-refractivity contribution in [1.29, 1.82) is 0 Å². The maximum absolute atomic E-state index is 11.0. The first-order chi connectivity index (χ1) is 8.81. The van der Waals surface area contributed by atoms with E-state index >= 15 is 0 Å². The molecule has 1 aromatic carbocycles. The average molecular weight is 331 g/mol. The first-order valence-electron chi connectivity index (χ1n) is 5.09. The van der Waals surface area contributed by atoms with Gasteiger partial charge in [0.25, 0.3) is 0 Å². The van der Waals surface area contributed by atoms with Gasteiger partial charge in [0.05, 0.1) is 5.69 Å². The van der Waals surface area contributed by atoms with Crippen molar-refractivity contribution in [3.8, 4) is 0 Å². The number of halogens is 1. The maximum atomic E-state index is 11.0. The topological polar surface area (TPSA) is 121 Å². The van der Waals surface area contributed by atoms with Gasteiger partial charge in [0.2, 0.25) is 5.91 Å². The van der Waals surface area contributed by atoms with Crippen molar-refractivity contribution in [2.45, 2.75) is 0 Å². The Labute approximate surface area is 116 Å². The molecular weight excluding hydrogens is 320 g/mol. The van der Waals surface area contributed by atoms with Crippen molar-refractivity contribution in [2.24, 2.45) is 5.73 Å². The lowest BCUT2D eigenvalue weighted by molar-refractivity contribution is -0.136. The molecule has 0 saturated carbocycles. The third kappa shape index (κ3) is 4.25. The maximum Gasteiger partial charge on any atom is 0.323 e. The van der Waals surface area contributed by atoms with Gasteiger partial charge in [-0.1, -0.05) is 0 Å². The number of anilines is 1. The molecule has 1 rings (SSSR count). The van der Waals surface area contributed by atoms with E-state index in [1.165, 1.54) is 18.2 Å². The predicted octanol–water partition coefficient (Wildman–Crippen LogP) is 0.524. The van der Waals surface area contributed by atoms with Crippen molar-refractivity contribution in [3.63, 3.8) is 0 Å². The average Bonchev–Trinajstić information content (AvgIpc) is 2.26. The lowest BCUT2D eigenvalue weighted by Crippen LogP contribution is -2.34. The molecule has 0 fully saturated rings. The van der Waals surface area contributed by atoms with E-state index in [2.05, 4.69) is 15.9 Å². The van der Waals surface area contributed by atoms with Gasteiger partial charge < -0.3 is 20.8 Å². The van der Waals surface area contributed by atoms with Gasteiger partial charge in [-0.05, 0) is 34.1 Å². The molecule has 0 aromatic heterocycles. The van der Waals surface area contributed by atoms with E-state index in [-0.39, 0.29) is 5.56 Å². The van der Waals surface area contributed by atoms with Gasteiger partial charge in [0, 0.05) is 10.0 Å². The van der Waals surface area contributed by atoms with Crippen LogP contribution >= 0.6 is 15.9 Å². The summed E-state index contributed by atoms with van der Waals surface area (Å²) in [4.78, 5) is 33.6. The van der Waals surface area contributed by atoms with Crippen LogP contribution in [0.4, 0.5) is 5.69 Å². The van der Waals surface area contributed by atoms with Crippen LogP contribution in [-0.4, -0.2) is 41.1 Å². The number of carboxylic acid groups (broad SMARTS) is 2. The Morgan fingerprint density at radius 3 is 2.05 bits per heavy atom. The number of carbonyl (C=O) groups excluding carboxylic acids is 1. The molecule has 0 unspecified atom stereocenters. The molecule has 19 heavy (non-hydrogen) atoms. The van der Waals surface area contributed by atoms with Crippen LogP contribution in [0.1, 0.15) is 10.4 Å². The predicted molar refractivity (Wildman–Crippen MR) is 70.1 cm³/mol. The first kappa shape index (κ1) is 15.0. The molecule has 4 N–H and O–H groups in total. The third-order valence-electron chi connectivity index (χ3n) is 2.23. The molecule has 7 nitrogen and oxygen atoms in total. The number of nitrogens with two attached hydrogens (primary N) is 1. The fourth-order valence-corrected chi connectivity index (χ4v) is 2.10. The number of carboxylic acids is 2. The Balaban J connectivity index is 3.11. The monoisotopic (exact) mass is 330 g/mol. The number of aliphatic carboxylic acids is 2. The molecule has 0 radical (unpaired) electrons. The molecule has 0 bridgehead atoms. The van der Waals surface area contributed by atoms with E-state index in [1.807, 2.05) is 0 Å². The smallest absolute Gasteiger partial charge is 0.323 e. The molecule has 8 heteroatoms. The molecule has 1 aromatic rings. The summed E-state index contributed by atoms with van der Waals surface area (Å²) in [5.41, 5.74) is 5.70. The quantitative estimate of drug-likeness (QED) is 0.699. The van der Waals surface area contributed by atoms with Crippen molar-refractivity contribution in [2.75, 3.05) is 18.0 Å². The number of hydrogen-bond acceptors (Lipinski definition) is 4. The summed E-state index contributed by atoms with van der Waals surface area (Å²) in [6, 6.07) is 4.25. The molecule has 0 aliphatic heterocycles. The van der Waals surface area contributed by atoms with Gasteiger partial charge in [-0.2, -0.15) is 0 Å². The lowest BCUT2D eigenvalue weighted by Gasteiger charge is -2.22. The summed E-state index contributed by atoms with van der Waals surface area (Å²) in [6.45, 7) is -0.943. The fraction of sp³-hybridized carbons (Fsp3) is 0.182. The van der Waals surface area contributed by atoms with Crippen molar-refractivity contribution >= 4 is 39.5 Å². The fourth-order valence-electron chi connectivity index (χ4n) is 1.47. The number of amides is 1. The Kier molecular flexibility index (Phi) is 4.87. The number of primary amides is 1. The second kappa shape index (κ2) is 6.19. The third-order valence-corrected chi connectivity index (χ3v) is 2.86. The van der Waals surface area contributed by atoms with Crippen molar-refractivity contribution in [3.05, 3.63) is 28.2 Å². The SMILES string of the molecule is NC(=O)c1ccc(N(CC(=O)O)CC(=O)O)c(Br)c1. The van der Waals surface area contributed by atoms with E-state index in [0.717, 1.165) is 4.90 Å². The van der Waals surface area contributed by atoms with Crippen LogP contribution in [0.25, 0.3) is 0 Å². The van der Waals surface area contributed by atoms with Gasteiger partial charge in [-0.25, -0.2) is 0 Å². The number of nitrogens with zero attached hydrogens (tertiary/aromatic N) is 1. The largest absolute Gasteiger partial charge is 0.480 e. The zero-order chi connectivity index (χ0) is 14.6. The number of rotatable bonds is 6. The van der Waals surface area contributed by atoms with Crippen LogP contribution in [0.5, 0.6) is 0 Å². The van der Waals surface area contributed by atoms with Crippen LogP contribution in [0.2, 0.25) is 0 Å². The number of carbonyl (C=O) groups is 3. The molecule has 102 valence electrons. The first-order valence-corrected chi connectivity index (χ1v) is 5.88. The van der Waals surface area contributed by atoms with Gasteiger partial charge in [0.1, 0.15) is 13.1 Å². The summed E-state index contributed by atoms with van der Waals surface area (Å²) >= 11 is 3.16. The highest BCUT2D eigenvalue weighted by Gasteiger charge is 2.17. The zero-order valence-electron chi connectivity index (χ0n) is 9.67. The molecule has 0 atom stereocenters. The molecule has 0 spiro atoms. The van der Waals surface area contributed by atoms with E-state index in [9.17, 15) is 14.4 Å². The molecule has 0 heterocycles. The Morgan fingerprint density at radius 1 is 1.16 bits per heavy atom. The van der Waals surface area contributed by atoms with Crippen molar-refractivity contribution < 1.29 is 24.6 Å². The molecule has 1 amide bonds. The highest BCUT2D eigenvalue weighted by molar-refractivity contribution is 9.10. The van der Waals surface area contributed by atoms with E-state index in [4.69, 9.17) is 15.9 Å². The van der Waals surface area contributed by atoms with Crippen molar-refractivity contribution in [1.82, 2.24) is 0 Å². The Hall–Kier alpha value is -2.09. The zero-order valence-corrected chi connectivity index (χ0v) is 11.3. The minimum Gasteiger partial charge on any atom is -0.480 e. The second-order valence-electron chi connectivity index (χ2n) is 3.67. The van der Waals surface area contributed by atoms with Gasteiger partial charge >= 0.3 is 11.9 Å². The van der Waals surface area contributed by atoms with Crippen LogP contribution in [0.3, 0.4) is 0 Å². The summed E-state index contributed by atoms with van der Waals surface area (Å²) < 4.78 is 0.395. The van der Waals surface area contributed by atoms with Crippen LogP contribution in [0.15, 0.2) is 22.7 Å². The molecule has 0 aliphatic carbocycles. The normalized spacial score (nSPS) is 9.95. The Bertz CT molecular complexity index is 516. The van der Waals surface area contributed by atoms with Crippen LogP contribution in [-0.2, 0) is 9.59 Å². The molecular formula is C11H11BrN2O5. The standard InChI is InChI=1S/C11H11BrN2O5/c12-7-3-6(11(13)19)1-2-8(7)14(4-9(15)16)5-10(17)18/h1-3H,4-5H2,(H2,13,19)(H,15,16)(H,17,18). The van der Waals surface area contributed by atoms with Crippen LogP contribution < -0.4 is 10.6 Å². The highest BCUT2D eigenvalue weighted by atomic mass is 79.9. The van der Waals surface area contributed by atoms with Gasteiger partial charge in [-0.15, -0.1) is 0 Å².